The molecule has 0 spiro atoms. The summed E-state index contributed by atoms with van der Waals surface area (Å²) in [7, 11) is 0. The molecule has 0 rings (SSSR count). The van der Waals surface area contributed by atoms with Gasteiger partial charge < -0.3 is 20.3 Å². The Labute approximate surface area is 392 Å². The van der Waals surface area contributed by atoms with Crippen LogP contribution in [0.3, 0.4) is 0 Å². The van der Waals surface area contributed by atoms with Crippen LogP contribution in [0.2, 0.25) is 0 Å². The van der Waals surface area contributed by atoms with Crippen molar-refractivity contribution in [3.63, 3.8) is 0 Å². The molecule has 0 aliphatic heterocycles. The molecule has 372 valence electrons. The van der Waals surface area contributed by atoms with Crippen LogP contribution in [-0.2, 0) is 14.3 Å². The molecule has 0 aromatic carbocycles. The molecule has 1 amide bonds. The number of nitrogens with one attached hydrogen (secondary N) is 1. The molecular formula is C57H109NO5. The molecule has 63 heavy (non-hydrogen) atoms. The minimum Gasteiger partial charge on any atom is -0.462 e. The number of rotatable bonds is 51. The van der Waals surface area contributed by atoms with Crippen molar-refractivity contribution in [1.29, 1.82) is 0 Å². The Morgan fingerprint density at radius 2 is 0.762 bits per heavy atom. The van der Waals surface area contributed by atoms with E-state index in [2.05, 4.69) is 50.4 Å². The SMILES string of the molecule is CCCCCCCC/C=C/CCCCCCCCCC(CC(=O)NC(CO)C(O)CCCCCCCCCCCCC)OC(=O)CCCCCCC/C=C/CCCCCCCCC. The Balaban J connectivity index is 4.56. The van der Waals surface area contributed by atoms with Gasteiger partial charge in [-0.3, -0.25) is 9.59 Å². The lowest BCUT2D eigenvalue weighted by molar-refractivity contribution is -0.151. The van der Waals surface area contributed by atoms with Gasteiger partial charge in [0.05, 0.1) is 25.2 Å². The van der Waals surface area contributed by atoms with Crippen LogP contribution in [-0.4, -0.2) is 46.9 Å². The topological polar surface area (TPSA) is 95.9 Å². The number of hydrogen-bond acceptors (Lipinski definition) is 5. The van der Waals surface area contributed by atoms with E-state index in [9.17, 15) is 19.8 Å². The van der Waals surface area contributed by atoms with E-state index >= 15 is 0 Å². The van der Waals surface area contributed by atoms with Gasteiger partial charge in [0.15, 0.2) is 0 Å². The molecule has 0 aromatic rings. The van der Waals surface area contributed by atoms with Gasteiger partial charge in [-0.15, -0.1) is 0 Å². The lowest BCUT2D eigenvalue weighted by Gasteiger charge is -2.24. The summed E-state index contributed by atoms with van der Waals surface area (Å²) >= 11 is 0. The molecular weight excluding hydrogens is 779 g/mol. The molecule has 3 N–H and O–H groups in total. The highest BCUT2D eigenvalue weighted by Gasteiger charge is 2.24. The van der Waals surface area contributed by atoms with Crippen molar-refractivity contribution in [3.05, 3.63) is 24.3 Å². The number of aliphatic hydroxyl groups excluding tert-OH is 2. The van der Waals surface area contributed by atoms with Crippen LogP contribution in [0.5, 0.6) is 0 Å². The van der Waals surface area contributed by atoms with Crippen molar-refractivity contribution in [3.8, 4) is 0 Å². The number of carbonyl (C=O) groups is 2. The number of aliphatic hydroxyl groups is 2. The second kappa shape index (κ2) is 51.3. The molecule has 0 bridgehead atoms. The summed E-state index contributed by atoms with van der Waals surface area (Å²) in [6.45, 7) is 6.50. The number of amides is 1. The van der Waals surface area contributed by atoms with E-state index in [0.717, 1.165) is 57.8 Å². The average molecular weight is 889 g/mol. The van der Waals surface area contributed by atoms with E-state index in [1.807, 2.05) is 0 Å². The highest BCUT2D eigenvalue weighted by molar-refractivity contribution is 5.77. The molecule has 3 atom stereocenters. The summed E-state index contributed by atoms with van der Waals surface area (Å²) in [5, 5.41) is 23.8. The first-order chi connectivity index (χ1) is 31.0. The molecule has 0 fully saturated rings. The summed E-state index contributed by atoms with van der Waals surface area (Å²) in [5.74, 6) is -0.473. The zero-order valence-corrected chi connectivity index (χ0v) is 42.5. The van der Waals surface area contributed by atoms with E-state index in [1.54, 1.807) is 0 Å². The summed E-state index contributed by atoms with van der Waals surface area (Å²) in [5.41, 5.74) is 0. The normalized spacial score (nSPS) is 13.3. The van der Waals surface area contributed by atoms with Gasteiger partial charge in [0, 0.05) is 6.42 Å². The van der Waals surface area contributed by atoms with E-state index in [4.69, 9.17) is 4.74 Å². The molecule has 6 heteroatoms. The van der Waals surface area contributed by atoms with Crippen molar-refractivity contribution in [1.82, 2.24) is 5.32 Å². The molecule has 6 nitrogen and oxygen atoms in total. The van der Waals surface area contributed by atoms with Gasteiger partial charge in [0.25, 0.3) is 0 Å². The molecule has 0 aliphatic carbocycles. The molecule has 0 aliphatic rings. The smallest absolute Gasteiger partial charge is 0.306 e. The Morgan fingerprint density at radius 3 is 1.13 bits per heavy atom. The van der Waals surface area contributed by atoms with E-state index < -0.39 is 18.2 Å². The maximum Gasteiger partial charge on any atom is 0.306 e. The number of hydrogen-bond donors (Lipinski definition) is 3. The molecule has 0 heterocycles. The standard InChI is InChI=1S/C57H109NO5/c1-4-7-10-13-16-19-22-24-26-28-29-31-34-36-39-42-45-48-53(63-57(62)50-47-44-41-38-35-32-30-27-25-23-20-17-14-11-8-5-2)51-56(61)58-54(52-59)55(60)49-46-43-40-37-33-21-18-15-12-9-6-3/h24,26-27,30,53-55,59-60H,4-23,25,28-29,31-52H2,1-3H3,(H,58,61)/b26-24+,30-27+. The fraction of sp³-hybridized carbons (Fsp3) is 0.895. The number of unbranched alkanes of at least 4 members (excludes halogenated alkanes) is 35. The predicted octanol–water partition coefficient (Wildman–Crippen LogP) is 17.1. The first-order valence-corrected chi connectivity index (χ1v) is 28.1. The minimum absolute atomic E-state index is 0.0757. The van der Waals surface area contributed by atoms with Gasteiger partial charge in [-0.25, -0.2) is 0 Å². The largest absolute Gasteiger partial charge is 0.462 e. The van der Waals surface area contributed by atoms with Crippen LogP contribution < -0.4 is 5.32 Å². The lowest BCUT2D eigenvalue weighted by Crippen LogP contribution is -2.46. The first-order valence-electron chi connectivity index (χ1n) is 28.1. The number of esters is 1. The zero-order chi connectivity index (χ0) is 45.9. The maximum atomic E-state index is 13.2. The maximum absolute atomic E-state index is 13.2. The van der Waals surface area contributed by atoms with Crippen molar-refractivity contribution in [2.24, 2.45) is 0 Å². The number of carbonyl (C=O) groups excluding carboxylic acids is 2. The first kappa shape index (κ1) is 61.3. The van der Waals surface area contributed by atoms with Crippen LogP contribution in [0.25, 0.3) is 0 Å². The van der Waals surface area contributed by atoms with E-state index in [0.29, 0.717) is 19.3 Å². The summed E-state index contributed by atoms with van der Waals surface area (Å²) < 4.78 is 5.95. The average Bonchev–Trinajstić information content (AvgIpc) is 3.28. The van der Waals surface area contributed by atoms with Gasteiger partial charge in [0.1, 0.15) is 6.10 Å². The van der Waals surface area contributed by atoms with E-state index in [1.165, 1.54) is 199 Å². The van der Waals surface area contributed by atoms with Gasteiger partial charge in [-0.2, -0.15) is 0 Å². The Bertz CT molecular complexity index is 997. The van der Waals surface area contributed by atoms with Crippen molar-refractivity contribution < 1.29 is 24.5 Å². The molecule has 0 radical (unpaired) electrons. The van der Waals surface area contributed by atoms with Crippen molar-refractivity contribution >= 4 is 11.9 Å². The van der Waals surface area contributed by atoms with Gasteiger partial charge in [0.2, 0.25) is 5.91 Å². The fourth-order valence-electron chi connectivity index (χ4n) is 8.72. The highest BCUT2D eigenvalue weighted by atomic mass is 16.5. The van der Waals surface area contributed by atoms with Crippen LogP contribution in [0.4, 0.5) is 0 Å². The van der Waals surface area contributed by atoms with Crippen LogP contribution in [0, 0.1) is 0 Å². The van der Waals surface area contributed by atoms with Gasteiger partial charge >= 0.3 is 5.97 Å². The summed E-state index contributed by atoms with van der Waals surface area (Å²) in [6, 6.07) is -0.701. The Morgan fingerprint density at radius 1 is 0.444 bits per heavy atom. The number of allylic oxidation sites excluding steroid dienone is 4. The predicted molar refractivity (Wildman–Crippen MR) is 273 cm³/mol. The minimum atomic E-state index is -0.787. The van der Waals surface area contributed by atoms with Crippen molar-refractivity contribution in [2.75, 3.05) is 6.61 Å². The third-order valence-electron chi connectivity index (χ3n) is 13.0. The fourth-order valence-corrected chi connectivity index (χ4v) is 8.72. The monoisotopic (exact) mass is 888 g/mol. The second-order valence-electron chi connectivity index (χ2n) is 19.3. The molecule has 0 saturated carbocycles. The Kier molecular flexibility index (Phi) is 50.0. The van der Waals surface area contributed by atoms with E-state index in [-0.39, 0.29) is 24.9 Å². The lowest BCUT2D eigenvalue weighted by atomic mass is 10.0. The second-order valence-corrected chi connectivity index (χ2v) is 19.3. The van der Waals surface area contributed by atoms with Gasteiger partial charge in [-0.05, 0) is 77.0 Å². The third kappa shape index (κ3) is 46.7. The van der Waals surface area contributed by atoms with Crippen LogP contribution in [0.1, 0.15) is 303 Å². The van der Waals surface area contributed by atoms with Crippen LogP contribution >= 0.6 is 0 Å². The van der Waals surface area contributed by atoms with Crippen LogP contribution in [0.15, 0.2) is 24.3 Å². The highest BCUT2D eigenvalue weighted by Crippen LogP contribution is 2.18. The third-order valence-corrected chi connectivity index (χ3v) is 13.0. The summed E-state index contributed by atoms with van der Waals surface area (Å²) in [4.78, 5) is 26.2. The number of ether oxygens (including phenoxy) is 1. The summed E-state index contributed by atoms with van der Waals surface area (Å²) in [6.07, 6.45) is 59.5. The Hall–Kier alpha value is -1.66. The van der Waals surface area contributed by atoms with Crippen molar-refractivity contribution in [2.45, 2.75) is 322 Å². The van der Waals surface area contributed by atoms with Gasteiger partial charge in [-0.1, -0.05) is 238 Å². The molecule has 3 unspecified atom stereocenters. The molecule has 0 aromatic heterocycles. The molecule has 0 saturated heterocycles. The zero-order valence-electron chi connectivity index (χ0n) is 42.5. The quantitative estimate of drug-likeness (QED) is 0.0321.